The highest BCUT2D eigenvalue weighted by atomic mass is 19.4. The van der Waals surface area contributed by atoms with E-state index < -0.39 is 12.3 Å². The molecule has 0 fully saturated rings. The predicted molar refractivity (Wildman–Crippen MR) is 58.8 cm³/mol. The van der Waals surface area contributed by atoms with Crippen LogP contribution >= 0.6 is 0 Å². The first-order chi connectivity index (χ1) is 8.42. The lowest BCUT2D eigenvalue weighted by Gasteiger charge is -2.10. The molecule has 0 unspecified atom stereocenters. The van der Waals surface area contributed by atoms with Crippen molar-refractivity contribution >= 4 is 12.0 Å². The fourth-order valence-corrected chi connectivity index (χ4v) is 1.18. The van der Waals surface area contributed by atoms with Crippen molar-refractivity contribution in [2.45, 2.75) is 13.3 Å². The normalized spacial score (nSPS) is 11.6. The van der Waals surface area contributed by atoms with Crippen LogP contribution in [0.4, 0.5) is 13.2 Å². The Morgan fingerprint density at radius 1 is 1.33 bits per heavy atom. The molecule has 0 atom stereocenters. The lowest BCUT2D eigenvalue weighted by Crippen LogP contribution is -2.17. The number of hydrogen-bond donors (Lipinski definition) is 0. The molecule has 0 aliphatic rings. The summed E-state index contributed by atoms with van der Waals surface area (Å²) in [4.78, 5) is 11.0. The van der Waals surface area contributed by atoms with Crippen LogP contribution in [0.3, 0.4) is 0 Å². The van der Waals surface area contributed by atoms with Gasteiger partial charge >= 0.3 is 12.3 Å². The SMILES string of the molecule is CCOC(=O)/C=C/c1ccccc1OC(F)(F)F. The number of benzene rings is 1. The van der Waals surface area contributed by atoms with E-state index in [9.17, 15) is 18.0 Å². The Kier molecular flexibility index (Phi) is 4.76. The van der Waals surface area contributed by atoms with Gasteiger partial charge in [0.2, 0.25) is 0 Å². The van der Waals surface area contributed by atoms with Gasteiger partial charge in [0.1, 0.15) is 5.75 Å². The molecule has 0 aromatic heterocycles. The number of alkyl halides is 3. The van der Waals surface area contributed by atoms with E-state index in [4.69, 9.17) is 0 Å². The number of carbonyl (C=O) groups excluding carboxylic acids is 1. The van der Waals surface area contributed by atoms with Gasteiger partial charge in [0.25, 0.3) is 0 Å². The van der Waals surface area contributed by atoms with Crippen molar-refractivity contribution in [2.24, 2.45) is 0 Å². The first-order valence-electron chi connectivity index (χ1n) is 5.12. The molecular formula is C12H11F3O3. The van der Waals surface area contributed by atoms with Crippen LogP contribution in [0.1, 0.15) is 12.5 Å². The molecule has 1 rings (SSSR count). The first kappa shape index (κ1) is 14.1. The van der Waals surface area contributed by atoms with E-state index in [1.54, 1.807) is 6.92 Å². The summed E-state index contributed by atoms with van der Waals surface area (Å²) in [6, 6.07) is 5.51. The molecule has 0 aliphatic carbocycles. The summed E-state index contributed by atoms with van der Waals surface area (Å²) < 4.78 is 44.7. The Balaban J connectivity index is 2.86. The minimum absolute atomic E-state index is 0.142. The van der Waals surface area contributed by atoms with Gasteiger partial charge in [-0.2, -0.15) is 0 Å². The van der Waals surface area contributed by atoms with Gasteiger partial charge in [-0.15, -0.1) is 13.2 Å². The van der Waals surface area contributed by atoms with E-state index in [2.05, 4.69) is 9.47 Å². The van der Waals surface area contributed by atoms with Crippen molar-refractivity contribution in [2.75, 3.05) is 6.61 Å². The van der Waals surface area contributed by atoms with Crippen molar-refractivity contribution in [1.82, 2.24) is 0 Å². The van der Waals surface area contributed by atoms with Crippen molar-refractivity contribution in [1.29, 1.82) is 0 Å². The fraction of sp³-hybridized carbons (Fsp3) is 0.250. The summed E-state index contributed by atoms with van der Waals surface area (Å²) in [5.74, 6) is -0.995. The summed E-state index contributed by atoms with van der Waals surface area (Å²) in [7, 11) is 0. The summed E-state index contributed by atoms with van der Waals surface area (Å²) in [5.41, 5.74) is 0.142. The second-order valence-electron chi connectivity index (χ2n) is 3.17. The highest BCUT2D eigenvalue weighted by molar-refractivity contribution is 5.87. The highest BCUT2D eigenvalue weighted by Crippen LogP contribution is 2.26. The molecule has 0 radical (unpaired) electrons. The maximum absolute atomic E-state index is 12.1. The standard InChI is InChI=1S/C12H11F3O3/c1-2-17-11(16)8-7-9-5-3-4-6-10(9)18-12(13,14)15/h3-8H,2H2,1H3/b8-7+. The average Bonchev–Trinajstić information content (AvgIpc) is 2.26. The number of carbonyl (C=O) groups is 1. The molecule has 0 saturated heterocycles. The van der Waals surface area contributed by atoms with Gasteiger partial charge < -0.3 is 9.47 Å². The molecule has 0 saturated carbocycles. The average molecular weight is 260 g/mol. The number of rotatable bonds is 4. The molecule has 1 aromatic carbocycles. The molecule has 0 amide bonds. The Labute approximate surface area is 102 Å². The van der Waals surface area contributed by atoms with Gasteiger partial charge in [-0.05, 0) is 19.1 Å². The molecular weight excluding hydrogens is 249 g/mol. The molecule has 3 nitrogen and oxygen atoms in total. The zero-order valence-corrected chi connectivity index (χ0v) is 9.53. The molecule has 0 N–H and O–H groups in total. The Morgan fingerprint density at radius 2 is 2.00 bits per heavy atom. The van der Waals surface area contributed by atoms with Crippen molar-refractivity contribution in [3.05, 3.63) is 35.9 Å². The topological polar surface area (TPSA) is 35.5 Å². The van der Waals surface area contributed by atoms with E-state index in [1.165, 1.54) is 24.3 Å². The summed E-state index contributed by atoms with van der Waals surface area (Å²) in [6.45, 7) is 1.83. The third kappa shape index (κ3) is 4.90. The quantitative estimate of drug-likeness (QED) is 0.616. The van der Waals surface area contributed by atoms with Gasteiger partial charge in [0.05, 0.1) is 6.61 Å². The summed E-state index contributed by atoms with van der Waals surface area (Å²) >= 11 is 0. The van der Waals surface area contributed by atoms with Gasteiger partial charge in [-0.1, -0.05) is 18.2 Å². The molecule has 18 heavy (non-hydrogen) atoms. The lowest BCUT2D eigenvalue weighted by molar-refractivity contribution is -0.274. The molecule has 0 heterocycles. The third-order valence-corrected chi connectivity index (χ3v) is 1.83. The maximum atomic E-state index is 12.1. The molecule has 6 heteroatoms. The van der Waals surface area contributed by atoms with Crippen LogP contribution in [-0.4, -0.2) is 18.9 Å². The first-order valence-corrected chi connectivity index (χ1v) is 5.12. The Bertz CT molecular complexity index is 438. The van der Waals surface area contributed by atoms with E-state index in [0.29, 0.717) is 0 Å². The van der Waals surface area contributed by atoms with Crippen LogP contribution in [0.2, 0.25) is 0 Å². The van der Waals surface area contributed by atoms with Crippen LogP contribution in [0.25, 0.3) is 6.08 Å². The lowest BCUT2D eigenvalue weighted by atomic mass is 10.2. The number of para-hydroxylation sites is 1. The molecule has 1 aromatic rings. The zero-order chi connectivity index (χ0) is 13.6. The van der Waals surface area contributed by atoms with Crippen molar-refractivity contribution in [3.63, 3.8) is 0 Å². The Morgan fingerprint density at radius 3 is 2.61 bits per heavy atom. The summed E-state index contributed by atoms with van der Waals surface area (Å²) in [5, 5.41) is 0. The largest absolute Gasteiger partial charge is 0.573 e. The van der Waals surface area contributed by atoms with E-state index in [-0.39, 0.29) is 17.9 Å². The molecule has 0 aliphatic heterocycles. The van der Waals surface area contributed by atoms with E-state index >= 15 is 0 Å². The monoisotopic (exact) mass is 260 g/mol. The van der Waals surface area contributed by atoms with Crippen LogP contribution in [0, 0.1) is 0 Å². The van der Waals surface area contributed by atoms with Gasteiger partial charge in [-0.3, -0.25) is 0 Å². The second-order valence-corrected chi connectivity index (χ2v) is 3.17. The number of hydrogen-bond acceptors (Lipinski definition) is 3. The smallest absolute Gasteiger partial charge is 0.463 e. The zero-order valence-electron chi connectivity index (χ0n) is 9.53. The Hall–Kier alpha value is -1.98. The molecule has 0 bridgehead atoms. The van der Waals surface area contributed by atoms with Crippen molar-refractivity contribution < 1.29 is 27.4 Å². The number of halogens is 3. The van der Waals surface area contributed by atoms with Crippen molar-refractivity contribution in [3.8, 4) is 5.75 Å². The van der Waals surface area contributed by atoms with Crippen LogP contribution in [-0.2, 0) is 9.53 Å². The third-order valence-electron chi connectivity index (χ3n) is 1.83. The number of ether oxygens (including phenoxy) is 2. The highest BCUT2D eigenvalue weighted by Gasteiger charge is 2.31. The fourth-order valence-electron chi connectivity index (χ4n) is 1.18. The second kappa shape index (κ2) is 6.09. The van der Waals surface area contributed by atoms with Gasteiger partial charge in [0, 0.05) is 11.6 Å². The molecule has 98 valence electrons. The van der Waals surface area contributed by atoms with Gasteiger partial charge in [-0.25, -0.2) is 4.79 Å². The summed E-state index contributed by atoms with van der Waals surface area (Å²) in [6.07, 6.45) is -2.52. The maximum Gasteiger partial charge on any atom is 0.573 e. The number of esters is 1. The van der Waals surface area contributed by atoms with Crippen LogP contribution in [0.15, 0.2) is 30.3 Å². The minimum atomic E-state index is -4.77. The van der Waals surface area contributed by atoms with E-state index in [0.717, 1.165) is 12.1 Å². The van der Waals surface area contributed by atoms with Gasteiger partial charge in [0.15, 0.2) is 0 Å². The predicted octanol–water partition coefficient (Wildman–Crippen LogP) is 3.16. The van der Waals surface area contributed by atoms with Crippen LogP contribution < -0.4 is 4.74 Å². The molecule has 0 spiro atoms. The van der Waals surface area contributed by atoms with Crippen LogP contribution in [0.5, 0.6) is 5.75 Å². The van der Waals surface area contributed by atoms with E-state index in [1.807, 2.05) is 0 Å². The minimum Gasteiger partial charge on any atom is -0.463 e.